The van der Waals surface area contributed by atoms with Crippen molar-refractivity contribution in [2.75, 3.05) is 13.2 Å². The maximum Gasteiger partial charge on any atom is 0.321 e. The summed E-state index contributed by atoms with van der Waals surface area (Å²) in [7, 11) is 0. The van der Waals surface area contributed by atoms with Crippen molar-refractivity contribution in [3.05, 3.63) is 0 Å². The predicted octanol–water partition coefficient (Wildman–Crippen LogP) is 3.57. The fraction of sp³-hybridized carbons (Fsp3) is 0.941. The summed E-state index contributed by atoms with van der Waals surface area (Å²) in [6.07, 6.45) is 7.12. The maximum absolute atomic E-state index is 12.3. The minimum atomic E-state index is -0.444. The molecule has 4 bridgehead atoms. The van der Waals surface area contributed by atoms with E-state index in [0.29, 0.717) is 18.4 Å². The summed E-state index contributed by atoms with van der Waals surface area (Å²) >= 11 is 2.18. The Labute approximate surface area is 141 Å². The van der Waals surface area contributed by atoms with Crippen LogP contribution in [0.4, 0.5) is 0 Å². The maximum atomic E-state index is 12.3. The van der Waals surface area contributed by atoms with Gasteiger partial charge in [0.25, 0.3) is 0 Å². The number of aliphatic hydroxyl groups excluding tert-OH is 1. The van der Waals surface area contributed by atoms with Gasteiger partial charge in [-0.15, -0.1) is 0 Å². The first-order valence-corrected chi connectivity index (χ1v) is 9.46. The number of alkyl halides is 1. The van der Waals surface area contributed by atoms with E-state index in [9.17, 15) is 9.90 Å². The Balaban J connectivity index is 1.71. The highest BCUT2D eigenvalue weighted by atomic mass is 127. The highest BCUT2D eigenvalue weighted by Crippen LogP contribution is 2.62. The van der Waals surface area contributed by atoms with Gasteiger partial charge in [-0.25, -0.2) is 0 Å². The van der Waals surface area contributed by atoms with Crippen LogP contribution in [0, 0.1) is 29.1 Å². The molecule has 4 rings (SSSR count). The number of carbonyl (C=O) groups is 1. The molecule has 0 spiro atoms. The molecule has 4 aliphatic rings. The van der Waals surface area contributed by atoms with Gasteiger partial charge in [0.1, 0.15) is 3.42 Å². The Morgan fingerprint density at radius 3 is 2.19 bits per heavy atom. The quantitative estimate of drug-likeness (QED) is 0.432. The van der Waals surface area contributed by atoms with Crippen LogP contribution in [0.5, 0.6) is 0 Å². The zero-order chi connectivity index (χ0) is 15.3. The first-order chi connectivity index (χ1) is 9.91. The molecular formula is C17H27IO3. The third-order valence-corrected chi connectivity index (χ3v) is 7.82. The highest BCUT2D eigenvalue weighted by Gasteiger charge is 2.57. The topological polar surface area (TPSA) is 46.5 Å². The van der Waals surface area contributed by atoms with Crippen LogP contribution in [0.15, 0.2) is 0 Å². The van der Waals surface area contributed by atoms with E-state index in [2.05, 4.69) is 22.6 Å². The summed E-state index contributed by atoms with van der Waals surface area (Å²) < 4.78 is 5.27. The number of hydrogen-bond donors (Lipinski definition) is 1. The SMILES string of the molecule is CCC(C)(I)C(=O)OCC1(CO)C2CC3CC(C2)CC1C3. The minimum absolute atomic E-state index is 0.118. The van der Waals surface area contributed by atoms with Gasteiger partial charge >= 0.3 is 5.97 Å². The van der Waals surface area contributed by atoms with E-state index >= 15 is 0 Å². The molecule has 1 atom stereocenters. The summed E-state index contributed by atoms with van der Waals surface area (Å²) in [4.78, 5) is 12.3. The molecular weight excluding hydrogens is 379 g/mol. The van der Waals surface area contributed by atoms with Gasteiger partial charge in [-0.2, -0.15) is 0 Å². The molecule has 0 aliphatic heterocycles. The van der Waals surface area contributed by atoms with Gasteiger partial charge in [0, 0.05) is 5.41 Å². The summed E-state index contributed by atoms with van der Waals surface area (Å²) in [6, 6.07) is 0. The second kappa shape index (κ2) is 5.66. The molecule has 1 N–H and O–H groups in total. The van der Waals surface area contributed by atoms with Crippen LogP contribution in [0.3, 0.4) is 0 Å². The van der Waals surface area contributed by atoms with Crippen LogP contribution in [-0.4, -0.2) is 27.7 Å². The molecule has 0 aromatic rings. The zero-order valence-electron chi connectivity index (χ0n) is 13.1. The lowest BCUT2D eigenvalue weighted by molar-refractivity contribution is -0.178. The molecule has 0 aromatic heterocycles. The zero-order valence-corrected chi connectivity index (χ0v) is 15.3. The fourth-order valence-corrected chi connectivity index (χ4v) is 5.31. The Hall–Kier alpha value is 0.160. The van der Waals surface area contributed by atoms with Gasteiger partial charge in [-0.1, -0.05) is 29.5 Å². The molecule has 0 aromatic carbocycles. The van der Waals surface area contributed by atoms with Gasteiger partial charge in [0.15, 0.2) is 0 Å². The first-order valence-electron chi connectivity index (χ1n) is 8.38. The van der Waals surface area contributed by atoms with Crippen LogP contribution in [0.25, 0.3) is 0 Å². The third kappa shape index (κ3) is 2.64. The summed E-state index contributed by atoms with van der Waals surface area (Å²) in [6.45, 7) is 4.55. The van der Waals surface area contributed by atoms with Crippen molar-refractivity contribution >= 4 is 28.6 Å². The van der Waals surface area contributed by atoms with Crippen LogP contribution in [0.2, 0.25) is 0 Å². The van der Waals surface area contributed by atoms with Crippen molar-refractivity contribution in [3.63, 3.8) is 0 Å². The average molecular weight is 406 g/mol. The first kappa shape index (κ1) is 16.0. The monoisotopic (exact) mass is 406 g/mol. The van der Waals surface area contributed by atoms with Crippen LogP contribution in [-0.2, 0) is 9.53 Å². The van der Waals surface area contributed by atoms with Crippen molar-refractivity contribution < 1.29 is 14.6 Å². The average Bonchev–Trinajstić information content (AvgIpc) is 2.46. The normalized spacial score (nSPS) is 43.6. The van der Waals surface area contributed by atoms with Crippen LogP contribution >= 0.6 is 22.6 Å². The fourth-order valence-electron chi connectivity index (χ4n) is 5.16. The van der Waals surface area contributed by atoms with Crippen molar-refractivity contribution in [3.8, 4) is 0 Å². The van der Waals surface area contributed by atoms with E-state index in [4.69, 9.17) is 4.74 Å². The van der Waals surface area contributed by atoms with Gasteiger partial charge < -0.3 is 9.84 Å². The number of ether oxygens (including phenoxy) is 1. The second-order valence-electron chi connectivity index (χ2n) is 7.82. The van der Waals surface area contributed by atoms with Crippen LogP contribution < -0.4 is 0 Å². The van der Waals surface area contributed by atoms with E-state index in [1.807, 2.05) is 13.8 Å². The lowest BCUT2D eigenvalue weighted by atomic mass is 9.45. The Bertz CT molecular complexity index is 390. The van der Waals surface area contributed by atoms with Crippen LogP contribution in [0.1, 0.15) is 52.4 Å². The number of hydrogen-bond acceptors (Lipinski definition) is 3. The van der Waals surface area contributed by atoms with E-state index in [-0.39, 0.29) is 18.0 Å². The Morgan fingerprint density at radius 1 is 1.24 bits per heavy atom. The number of aliphatic hydroxyl groups is 1. The van der Waals surface area contributed by atoms with Crippen molar-refractivity contribution in [2.24, 2.45) is 29.1 Å². The summed E-state index contributed by atoms with van der Waals surface area (Å²) in [5, 5.41) is 10.1. The second-order valence-corrected chi connectivity index (χ2v) is 10.2. The molecule has 0 amide bonds. The molecule has 21 heavy (non-hydrogen) atoms. The lowest BCUT2D eigenvalue weighted by Gasteiger charge is -2.60. The molecule has 1 unspecified atom stereocenters. The number of esters is 1. The highest BCUT2D eigenvalue weighted by molar-refractivity contribution is 14.1. The number of halogens is 1. The molecule has 120 valence electrons. The predicted molar refractivity (Wildman–Crippen MR) is 90.2 cm³/mol. The van der Waals surface area contributed by atoms with E-state index in [1.54, 1.807) is 0 Å². The summed E-state index contributed by atoms with van der Waals surface area (Å²) in [5.41, 5.74) is -0.149. The molecule has 4 saturated carbocycles. The van der Waals surface area contributed by atoms with Gasteiger partial charge in [-0.05, 0) is 69.1 Å². The minimum Gasteiger partial charge on any atom is -0.464 e. The van der Waals surface area contributed by atoms with Crippen molar-refractivity contribution in [1.82, 2.24) is 0 Å². The lowest BCUT2D eigenvalue weighted by Crippen LogP contribution is -2.57. The summed E-state index contributed by atoms with van der Waals surface area (Å²) in [5.74, 6) is 2.75. The molecule has 0 saturated heterocycles. The standard InChI is InChI=1S/C17H27IO3/c1-3-16(2,18)15(20)21-10-17(9-19)13-5-11-4-12(7-13)8-14(17)6-11/h11-14,19H,3-10H2,1-2H3. The smallest absolute Gasteiger partial charge is 0.321 e. The Morgan fingerprint density at radius 2 is 1.76 bits per heavy atom. The van der Waals surface area contributed by atoms with E-state index in [1.165, 1.54) is 32.1 Å². The van der Waals surface area contributed by atoms with Crippen molar-refractivity contribution in [1.29, 1.82) is 0 Å². The number of rotatable bonds is 5. The van der Waals surface area contributed by atoms with E-state index in [0.717, 1.165) is 18.3 Å². The molecule has 4 fully saturated rings. The molecule has 3 nitrogen and oxygen atoms in total. The Kier molecular flexibility index (Phi) is 4.32. The number of carbonyl (C=O) groups excluding carboxylic acids is 1. The molecule has 4 heteroatoms. The molecule has 0 heterocycles. The van der Waals surface area contributed by atoms with Gasteiger partial charge in [-0.3, -0.25) is 4.79 Å². The largest absolute Gasteiger partial charge is 0.464 e. The van der Waals surface area contributed by atoms with Gasteiger partial charge in [0.2, 0.25) is 0 Å². The van der Waals surface area contributed by atoms with Crippen molar-refractivity contribution in [2.45, 2.75) is 55.8 Å². The molecule has 0 radical (unpaired) electrons. The van der Waals surface area contributed by atoms with Gasteiger partial charge in [0.05, 0.1) is 13.2 Å². The third-order valence-electron chi connectivity index (χ3n) is 6.62. The van der Waals surface area contributed by atoms with E-state index < -0.39 is 3.42 Å². The molecule has 4 aliphatic carbocycles.